The van der Waals surface area contributed by atoms with E-state index < -0.39 is 10.0 Å². The summed E-state index contributed by atoms with van der Waals surface area (Å²) in [4.78, 5) is 0. The molecule has 0 spiro atoms. The van der Waals surface area contributed by atoms with Gasteiger partial charge in [0.2, 0.25) is 10.0 Å². The van der Waals surface area contributed by atoms with E-state index >= 15 is 0 Å². The molecule has 0 bridgehead atoms. The summed E-state index contributed by atoms with van der Waals surface area (Å²) in [7, 11) is -3.01. The van der Waals surface area contributed by atoms with Gasteiger partial charge in [0, 0.05) is 13.1 Å². The lowest BCUT2D eigenvalue weighted by Crippen LogP contribution is -2.41. The van der Waals surface area contributed by atoms with Crippen molar-refractivity contribution in [2.45, 2.75) is 39.5 Å². The molecule has 0 aliphatic carbocycles. The summed E-state index contributed by atoms with van der Waals surface area (Å²) in [6.45, 7) is 7.33. The molecule has 0 aromatic heterocycles. The minimum absolute atomic E-state index is 0.288. The molecule has 1 fully saturated rings. The standard InChI is InChI=1S/C12H26N2O2S/c1-3-12-7-5-9-14(11-12)17(15,16)10-6-8-13-4-2/h12-13H,3-11H2,1-2H3. The second-order valence-corrected chi connectivity index (χ2v) is 6.89. The number of hydrogen-bond donors (Lipinski definition) is 1. The van der Waals surface area contributed by atoms with E-state index in [9.17, 15) is 8.42 Å². The van der Waals surface area contributed by atoms with Gasteiger partial charge in [0.15, 0.2) is 0 Å². The van der Waals surface area contributed by atoms with Crippen LogP contribution in [-0.4, -0.2) is 44.7 Å². The normalized spacial score (nSPS) is 22.8. The Hall–Kier alpha value is -0.130. The lowest BCUT2D eigenvalue weighted by molar-refractivity contribution is 0.261. The molecule has 0 saturated carbocycles. The molecule has 17 heavy (non-hydrogen) atoms. The van der Waals surface area contributed by atoms with Crippen molar-refractivity contribution in [3.05, 3.63) is 0 Å². The molecular weight excluding hydrogens is 236 g/mol. The fourth-order valence-electron chi connectivity index (χ4n) is 2.30. The third kappa shape index (κ3) is 4.94. The lowest BCUT2D eigenvalue weighted by Gasteiger charge is -2.31. The Balaban J connectivity index is 2.40. The van der Waals surface area contributed by atoms with E-state index in [1.165, 1.54) is 6.42 Å². The van der Waals surface area contributed by atoms with Gasteiger partial charge in [-0.1, -0.05) is 20.3 Å². The van der Waals surface area contributed by atoms with E-state index in [2.05, 4.69) is 12.2 Å². The van der Waals surface area contributed by atoms with Gasteiger partial charge in [-0.25, -0.2) is 12.7 Å². The molecule has 1 atom stereocenters. The van der Waals surface area contributed by atoms with Gasteiger partial charge in [0.25, 0.3) is 0 Å². The number of nitrogens with zero attached hydrogens (tertiary/aromatic N) is 1. The molecule has 1 aliphatic heterocycles. The van der Waals surface area contributed by atoms with Gasteiger partial charge in [-0.2, -0.15) is 0 Å². The lowest BCUT2D eigenvalue weighted by atomic mass is 9.97. The van der Waals surface area contributed by atoms with Crippen LogP contribution in [0.3, 0.4) is 0 Å². The Bertz CT molecular complexity index is 304. The maximum absolute atomic E-state index is 12.1. The molecular formula is C12H26N2O2S. The first-order chi connectivity index (χ1) is 8.10. The SMILES string of the molecule is CCNCCCS(=O)(=O)N1CCCC(CC)C1. The molecule has 1 saturated heterocycles. The molecule has 102 valence electrons. The third-order valence-corrected chi connectivity index (χ3v) is 5.38. The van der Waals surface area contributed by atoms with E-state index in [0.29, 0.717) is 12.3 Å². The van der Waals surface area contributed by atoms with Crippen LogP contribution < -0.4 is 5.32 Å². The van der Waals surface area contributed by atoms with E-state index in [1.807, 2.05) is 6.92 Å². The average Bonchev–Trinajstić information content (AvgIpc) is 2.35. The zero-order chi connectivity index (χ0) is 12.7. The van der Waals surface area contributed by atoms with Gasteiger partial charge in [0.1, 0.15) is 0 Å². The minimum Gasteiger partial charge on any atom is -0.317 e. The largest absolute Gasteiger partial charge is 0.317 e. The first-order valence-corrected chi connectivity index (χ1v) is 8.39. The van der Waals surface area contributed by atoms with Crippen molar-refractivity contribution >= 4 is 10.0 Å². The van der Waals surface area contributed by atoms with Crippen LogP contribution >= 0.6 is 0 Å². The first kappa shape index (κ1) is 14.9. The van der Waals surface area contributed by atoms with Crippen LogP contribution in [0.4, 0.5) is 0 Å². The summed E-state index contributed by atoms with van der Waals surface area (Å²) >= 11 is 0. The zero-order valence-corrected chi connectivity index (χ0v) is 11.9. The Labute approximate surface area is 106 Å². The van der Waals surface area contributed by atoms with E-state index in [1.54, 1.807) is 4.31 Å². The fourth-order valence-corrected chi connectivity index (χ4v) is 3.91. The van der Waals surface area contributed by atoms with Crippen LogP contribution in [0.1, 0.15) is 39.5 Å². The Morgan fingerprint density at radius 1 is 1.35 bits per heavy atom. The average molecular weight is 262 g/mol. The maximum atomic E-state index is 12.1. The van der Waals surface area contributed by atoms with Crippen LogP contribution in [0.15, 0.2) is 0 Å². The van der Waals surface area contributed by atoms with Gasteiger partial charge in [0.05, 0.1) is 5.75 Å². The summed E-state index contributed by atoms with van der Waals surface area (Å²) in [6.07, 6.45) is 4.00. The quantitative estimate of drug-likeness (QED) is 0.706. The second-order valence-electron chi connectivity index (χ2n) is 4.80. The van der Waals surface area contributed by atoms with Crippen molar-refractivity contribution < 1.29 is 8.42 Å². The van der Waals surface area contributed by atoms with Crippen molar-refractivity contribution in [1.82, 2.24) is 9.62 Å². The smallest absolute Gasteiger partial charge is 0.214 e. The monoisotopic (exact) mass is 262 g/mol. The highest BCUT2D eigenvalue weighted by Gasteiger charge is 2.27. The predicted octanol–water partition coefficient (Wildman–Crippen LogP) is 1.44. The number of piperidine rings is 1. The first-order valence-electron chi connectivity index (χ1n) is 6.78. The van der Waals surface area contributed by atoms with Gasteiger partial charge >= 0.3 is 0 Å². The number of sulfonamides is 1. The van der Waals surface area contributed by atoms with Crippen molar-refractivity contribution in [3.8, 4) is 0 Å². The molecule has 1 unspecified atom stereocenters. The topological polar surface area (TPSA) is 49.4 Å². The molecule has 1 aliphatic rings. The molecule has 0 radical (unpaired) electrons. The van der Waals surface area contributed by atoms with Crippen molar-refractivity contribution in [2.75, 3.05) is 31.9 Å². The summed E-state index contributed by atoms with van der Waals surface area (Å²) in [5.41, 5.74) is 0. The highest BCUT2D eigenvalue weighted by Crippen LogP contribution is 2.21. The molecule has 1 heterocycles. The highest BCUT2D eigenvalue weighted by atomic mass is 32.2. The zero-order valence-electron chi connectivity index (χ0n) is 11.1. The van der Waals surface area contributed by atoms with Crippen molar-refractivity contribution in [2.24, 2.45) is 5.92 Å². The van der Waals surface area contributed by atoms with Gasteiger partial charge < -0.3 is 5.32 Å². The van der Waals surface area contributed by atoms with E-state index in [-0.39, 0.29) is 5.75 Å². The molecule has 4 nitrogen and oxygen atoms in total. The molecule has 1 rings (SSSR count). The number of rotatable bonds is 7. The van der Waals surface area contributed by atoms with E-state index in [0.717, 1.165) is 39.0 Å². The van der Waals surface area contributed by atoms with Crippen molar-refractivity contribution in [3.63, 3.8) is 0 Å². The Kier molecular flexibility index (Phi) is 6.44. The van der Waals surface area contributed by atoms with E-state index in [4.69, 9.17) is 0 Å². The number of hydrogen-bond acceptors (Lipinski definition) is 3. The van der Waals surface area contributed by atoms with Crippen molar-refractivity contribution in [1.29, 1.82) is 0 Å². The molecule has 1 N–H and O–H groups in total. The summed E-state index contributed by atoms with van der Waals surface area (Å²) in [5.74, 6) is 0.850. The molecule has 5 heteroatoms. The highest BCUT2D eigenvalue weighted by molar-refractivity contribution is 7.89. The van der Waals surface area contributed by atoms with Crippen LogP contribution in [0.25, 0.3) is 0 Å². The fraction of sp³-hybridized carbons (Fsp3) is 1.00. The van der Waals surface area contributed by atoms with Crippen LogP contribution in [-0.2, 0) is 10.0 Å². The number of nitrogens with one attached hydrogen (secondary N) is 1. The third-order valence-electron chi connectivity index (χ3n) is 3.46. The van der Waals surface area contributed by atoms with Gasteiger partial charge in [-0.05, 0) is 38.3 Å². The maximum Gasteiger partial charge on any atom is 0.214 e. The summed E-state index contributed by atoms with van der Waals surface area (Å²) in [6, 6.07) is 0. The van der Waals surface area contributed by atoms with Crippen LogP contribution in [0.2, 0.25) is 0 Å². The molecule has 0 amide bonds. The summed E-state index contributed by atoms with van der Waals surface area (Å²) < 4.78 is 25.9. The molecule has 0 aromatic rings. The Morgan fingerprint density at radius 3 is 2.76 bits per heavy atom. The van der Waals surface area contributed by atoms with Gasteiger partial charge in [-0.3, -0.25) is 0 Å². The van der Waals surface area contributed by atoms with Gasteiger partial charge in [-0.15, -0.1) is 0 Å². The second kappa shape index (κ2) is 7.34. The minimum atomic E-state index is -3.01. The van der Waals surface area contributed by atoms with Crippen LogP contribution in [0, 0.1) is 5.92 Å². The summed E-state index contributed by atoms with van der Waals surface area (Å²) in [5, 5.41) is 3.16. The van der Waals surface area contributed by atoms with Crippen LogP contribution in [0.5, 0.6) is 0 Å². The molecule has 0 aromatic carbocycles. The predicted molar refractivity (Wildman–Crippen MR) is 71.5 cm³/mol. The Morgan fingerprint density at radius 2 is 2.12 bits per heavy atom.